The molecule has 0 aliphatic heterocycles. The molecule has 0 fully saturated rings. The van der Waals surface area contributed by atoms with E-state index in [1.165, 1.54) is 24.4 Å². The lowest BCUT2D eigenvalue weighted by molar-refractivity contribution is 0.471. The summed E-state index contributed by atoms with van der Waals surface area (Å²) in [5, 5.41) is 9.46. The van der Waals surface area contributed by atoms with Gasteiger partial charge in [0.2, 0.25) is 0 Å². The number of rotatable bonds is 3. The summed E-state index contributed by atoms with van der Waals surface area (Å²) in [7, 11) is 0. The maximum Gasteiger partial charge on any atom is 0.0893 e. The number of hydrogen-bond acceptors (Lipinski definition) is 4. The van der Waals surface area contributed by atoms with Crippen LogP contribution in [0.3, 0.4) is 0 Å². The fourth-order valence-corrected chi connectivity index (χ4v) is 1.94. The molecule has 1 N–H and O–H groups in total. The second-order valence-corrected chi connectivity index (χ2v) is 3.87. The molecule has 1 aliphatic carbocycles. The Morgan fingerprint density at radius 2 is 2.54 bits per heavy atom. The minimum atomic E-state index is 0.631. The molecule has 13 heavy (non-hydrogen) atoms. The van der Waals surface area contributed by atoms with Gasteiger partial charge in [0.15, 0.2) is 0 Å². The van der Waals surface area contributed by atoms with Gasteiger partial charge in [-0.15, -0.1) is 5.10 Å². The van der Waals surface area contributed by atoms with Gasteiger partial charge < -0.3 is 5.32 Å². The molecule has 1 aromatic heterocycles. The van der Waals surface area contributed by atoms with Crippen LogP contribution in [0.1, 0.15) is 25.0 Å². The first-order chi connectivity index (χ1) is 6.45. The average molecular weight is 195 g/mol. The second kappa shape index (κ2) is 4.48. The summed E-state index contributed by atoms with van der Waals surface area (Å²) in [6, 6.07) is 0.631. The molecule has 0 saturated heterocycles. The molecule has 70 valence electrons. The lowest BCUT2D eigenvalue weighted by Crippen LogP contribution is -2.29. The van der Waals surface area contributed by atoms with Gasteiger partial charge in [-0.3, -0.25) is 0 Å². The molecule has 1 atom stereocenters. The number of allylic oxidation sites excluding steroid dienone is 1. The predicted octanol–water partition coefficient (Wildman–Crippen LogP) is 1.74. The number of nitrogens with one attached hydrogen (secondary N) is 1. The Balaban J connectivity index is 1.76. The lowest BCUT2D eigenvalue weighted by atomic mass is 10.0. The van der Waals surface area contributed by atoms with E-state index in [9.17, 15) is 0 Å². The maximum absolute atomic E-state index is 3.99. The standard InChI is InChI=1S/C9H13N3S/c1-2-4-8(5-3-1)10-6-9-7-13-12-11-9/h1-2,7-8,10H,3-6H2. The van der Waals surface area contributed by atoms with Crippen LogP contribution in [0.5, 0.6) is 0 Å². The normalized spacial score (nSPS) is 22.0. The summed E-state index contributed by atoms with van der Waals surface area (Å²) in [6.07, 6.45) is 8.10. The van der Waals surface area contributed by atoms with E-state index in [1.54, 1.807) is 0 Å². The van der Waals surface area contributed by atoms with Crippen LogP contribution in [0.25, 0.3) is 0 Å². The van der Waals surface area contributed by atoms with Crippen molar-refractivity contribution in [3.8, 4) is 0 Å². The third-order valence-electron chi connectivity index (χ3n) is 2.25. The van der Waals surface area contributed by atoms with E-state index in [0.717, 1.165) is 18.7 Å². The van der Waals surface area contributed by atoms with Crippen LogP contribution in [0, 0.1) is 0 Å². The highest BCUT2D eigenvalue weighted by molar-refractivity contribution is 7.03. The minimum Gasteiger partial charge on any atom is -0.308 e. The summed E-state index contributed by atoms with van der Waals surface area (Å²) in [5.41, 5.74) is 1.06. The Morgan fingerprint density at radius 1 is 1.54 bits per heavy atom. The molecule has 0 amide bonds. The highest BCUT2D eigenvalue weighted by Gasteiger charge is 2.08. The van der Waals surface area contributed by atoms with Gasteiger partial charge in [-0.1, -0.05) is 16.6 Å². The van der Waals surface area contributed by atoms with Gasteiger partial charge in [0.25, 0.3) is 0 Å². The van der Waals surface area contributed by atoms with E-state index >= 15 is 0 Å². The van der Waals surface area contributed by atoms with Gasteiger partial charge >= 0.3 is 0 Å². The largest absolute Gasteiger partial charge is 0.308 e. The van der Waals surface area contributed by atoms with Crippen molar-refractivity contribution in [2.24, 2.45) is 0 Å². The van der Waals surface area contributed by atoms with Crippen LogP contribution in [0.15, 0.2) is 17.5 Å². The Labute approximate surface area is 82.0 Å². The van der Waals surface area contributed by atoms with Crippen molar-refractivity contribution in [3.63, 3.8) is 0 Å². The van der Waals surface area contributed by atoms with Gasteiger partial charge in [-0.25, -0.2) is 0 Å². The predicted molar refractivity (Wildman–Crippen MR) is 53.5 cm³/mol. The minimum absolute atomic E-state index is 0.631. The van der Waals surface area contributed by atoms with E-state index in [4.69, 9.17) is 0 Å². The Kier molecular flexibility index (Phi) is 3.05. The quantitative estimate of drug-likeness (QED) is 0.746. The van der Waals surface area contributed by atoms with Crippen molar-refractivity contribution in [1.29, 1.82) is 0 Å². The molecular formula is C9H13N3S. The molecule has 0 radical (unpaired) electrons. The zero-order chi connectivity index (χ0) is 8.93. The Morgan fingerprint density at radius 3 is 3.23 bits per heavy atom. The van der Waals surface area contributed by atoms with Crippen molar-refractivity contribution in [3.05, 3.63) is 23.2 Å². The SMILES string of the molecule is C1=CCC(NCc2csnn2)CC1. The molecule has 0 aromatic carbocycles. The fourth-order valence-electron chi connectivity index (χ4n) is 1.49. The zero-order valence-electron chi connectivity index (χ0n) is 7.44. The first-order valence-corrected chi connectivity index (χ1v) is 5.43. The maximum atomic E-state index is 3.99. The third-order valence-corrected chi connectivity index (χ3v) is 2.80. The average Bonchev–Trinajstić information content (AvgIpc) is 2.69. The summed E-state index contributed by atoms with van der Waals surface area (Å²) >= 11 is 1.41. The van der Waals surface area contributed by atoms with Gasteiger partial charge in [0.1, 0.15) is 0 Å². The smallest absolute Gasteiger partial charge is 0.0893 e. The van der Waals surface area contributed by atoms with Gasteiger partial charge in [0, 0.05) is 18.0 Å². The van der Waals surface area contributed by atoms with E-state index in [0.29, 0.717) is 6.04 Å². The summed E-state index contributed by atoms with van der Waals surface area (Å²) in [6.45, 7) is 0.856. The molecule has 3 nitrogen and oxygen atoms in total. The monoisotopic (exact) mass is 195 g/mol. The number of nitrogens with zero attached hydrogens (tertiary/aromatic N) is 2. The van der Waals surface area contributed by atoms with E-state index < -0.39 is 0 Å². The first-order valence-electron chi connectivity index (χ1n) is 4.59. The van der Waals surface area contributed by atoms with E-state index in [2.05, 4.69) is 27.1 Å². The van der Waals surface area contributed by atoms with Crippen LogP contribution >= 0.6 is 11.5 Å². The van der Waals surface area contributed by atoms with Crippen molar-refractivity contribution in [1.82, 2.24) is 14.9 Å². The van der Waals surface area contributed by atoms with Gasteiger partial charge in [0.05, 0.1) is 5.69 Å². The molecule has 1 heterocycles. The Bertz CT molecular complexity index is 268. The highest BCUT2D eigenvalue weighted by atomic mass is 32.1. The van der Waals surface area contributed by atoms with Crippen LogP contribution in [0.2, 0.25) is 0 Å². The molecule has 0 bridgehead atoms. The van der Waals surface area contributed by atoms with Crippen molar-refractivity contribution >= 4 is 11.5 Å². The lowest BCUT2D eigenvalue weighted by Gasteiger charge is -2.18. The number of hydrogen-bond donors (Lipinski definition) is 1. The second-order valence-electron chi connectivity index (χ2n) is 3.26. The van der Waals surface area contributed by atoms with E-state index in [-0.39, 0.29) is 0 Å². The molecule has 1 aromatic rings. The highest BCUT2D eigenvalue weighted by Crippen LogP contribution is 2.11. The molecule has 4 heteroatoms. The third kappa shape index (κ3) is 2.60. The molecule has 0 spiro atoms. The van der Waals surface area contributed by atoms with Crippen molar-refractivity contribution in [2.75, 3.05) is 0 Å². The van der Waals surface area contributed by atoms with Crippen molar-refractivity contribution in [2.45, 2.75) is 31.8 Å². The summed E-state index contributed by atoms with van der Waals surface area (Å²) < 4.78 is 3.82. The first kappa shape index (κ1) is 8.84. The Hall–Kier alpha value is -0.740. The fraction of sp³-hybridized carbons (Fsp3) is 0.556. The molecule has 1 aliphatic rings. The topological polar surface area (TPSA) is 37.8 Å². The van der Waals surface area contributed by atoms with Crippen molar-refractivity contribution < 1.29 is 0 Å². The van der Waals surface area contributed by atoms with Crippen LogP contribution < -0.4 is 5.32 Å². The van der Waals surface area contributed by atoms with Crippen LogP contribution in [-0.2, 0) is 6.54 Å². The summed E-state index contributed by atoms with van der Waals surface area (Å²) in [5.74, 6) is 0. The molecule has 2 rings (SSSR count). The molecule has 0 saturated carbocycles. The van der Waals surface area contributed by atoms with Gasteiger partial charge in [-0.2, -0.15) is 0 Å². The number of aromatic nitrogens is 2. The zero-order valence-corrected chi connectivity index (χ0v) is 8.26. The van der Waals surface area contributed by atoms with Crippen LogP contribution in [-0.4, -0.2) is 15.6 Å². The van der Waals surface area contributed by atoms with Gasteiger partial charge in [-0.05, 0) is 30.8 Å². The molecule has 1 unspecified atom stereocenters. The van der Waals surface area contributed by atoms with E-state index in [1.807, 2.05) is 5.38 Å². The molecular weight excluding hydrogens is 182 g/mol. The summed E-state index contributed by atoms with van der Waals surface area (Å²) in [4.78, 5) is 0. The van der Waals surface area contributed by atoms with Crippen LogP contribution in [0.4, 0.5) is 0 Å².